The van der Waals surface area contributed by atoms with Gasteiger partial charge in [-0.1, -0.05) is 32.9 Å². The lowest BCUT2D eigenvalue weighted by Crippen LogP contribution is -2.48. The summed E-state index contributed by atoms with van der Waals surface area (Å²) in [4.78, 5) is 26.0. The molecule has 5 rings (SSSR count). The van der Waals surface area contributed by atoms with Crippen LogP contribution in [0, 0.1) is 12.3 Å². The van der Waals surface area contributed by atoms with E-state index in [4.69, 9.17) is 4.42 Å². The highest BCUT2D eigenvalue weighted by Crippen LogP contribution is 2.24. The molecule has 0 bridgehead atoms. The zero-order chi connectivity index (χ0) is 23.9. The molecular formula is C26H30N6O2. The number of amides is 1. The first-order chi connectivity index (χ1) is 16.2. The summed E-state index contributed by atoms with van der Waals surface area (Å²) in [5.74, 6) is 0.0458. The summed E-state index contributed by atoms with van der Waals surface area (Å²) in [7, 11) is 0. The topological polar surface area (TPSA) is 80.3 Å². The Morgan fingerprint density at radius 3 is 2.41 bits per heavy atom. The van der Waals surface area contributed by atoms with Gasteiger partial charge in [-0.25, -0.2) is 4.98 Å². The van der Waals surface area contributed by atoms with Gasteiger partial charge in [0.25, 0.3) is 11.9 Å². The van der Waals surface area contributed by atoms with E-state index in [1.165, 1.54) is 0 Å². The molecule has 1 aliphatic heterocycles. The highest BCUT2D eigenvalue weighted by Gasteiger charge is 2.25. The number of nitrogens with zero attached hydrogens (tertiary/aromatic N) is 6. The second-order valence-corrected chi connectivity index (χ2v) is 10.1. The summed E-state index contributed by atoms with van der Waals surface area (Å²) in [6, 6.07) is 12.2. The standard InChI is InChI=1S/C26H30N6O2/c1-18-5-10-22-23(28-18)29-25(34-22)31-13-11-30(12-14-31)24(33)20-8-6-19(7-9-20)21-15-27-32(16-21)17-26(2,3)4/h5-10,15-16H,11-14,17H2,1-4H3. The maximum absolute atomic E-state index is 13.1. The van der Waals surface area contributed by atoms with Crippen LogP contribution in [0.2, 0.25) is 0 Å². The Bertz CT molecular complexity index is 1310. The van der Waals surface area contributed by atoms with Gasteiger partial charge >= 0.3 is 0 Å². The number of aryl methyl sites for hydroxylation is 1. The molecule has 0 saturated carbocycles. The first kappa shape index (κ1) is 22.1. The molecule has 8 nitrogen and oxygen atoms in total. The number of benzene rings is 1. The summed E-state index contributed by atoms with van der Waals surface area (Å²) < 4.78 is 7.84. The molecule has 3 aromatic heterocycles. The van der Waals surface area contributed by atoms with E-state index in [-0.39, 0.29) is 11.3 Å². The highest BCUT2D eigenvalue weighted by molar-refractivity contribution is 5.94. The Labute approximate surface area is 199 Å². The third-order valence-electron chi connectivity index (χ3n) is 5.95. The van der Waals surface area contributed by atoms with Crippen molar-refractivity contribution >= 4 is 23.2 Å². The van der Waals surface area contributed by atoms with E-state index in [1.807, 2.05) is 59.1 Å². The minimum absolute atomic E-state index is 0.0458. The lowest BCUT2D eigenvalue weighted by atomic mass is 9.97. The molecule has 0 atom stereocenters. The first-order valence-electron chi connectivity index (χ1n) is 11.7. The van der Waals surface area contributed by atoms with E-state index in [2.05, 4.69) is 46.9 Å². The number of oxazole rings is 1. The third kappa shape index (κ3) is 4.66. The van der Waals surface area contributed by atoms with Crippen LogP contribution in [0.3, 0.4) is 0 Å². The second-order valence-electron chi connectivity index (χ2n) is 10.1. The number of hydrogen-bond donors (Lipinski definition) is 0. The van der Waals surface area contributed by atoms with Crippen LogP contribution in [-0.2, 0) is 6.54 Å². The number of anilines is 1. The van der Waals surface area contributed by atoms with Crippen molar-refractivity contribution in [2.24, 2.45) is 5.41 Å². The van der Waals surface area contributed by atoms with Crippen molar-refractivity contribution in [2.45, 2.75) is 34.2 Å². The monoisotopic (exact) mass is 458 g/mol. The lowest BCUT2D eigenvalue weighted by Gasteiger charge is -2.33. The Morgan fingerprint density at radius 2 is 1.71 bits per heavy atom. The summed E-state index contributed by atoms with van der Waals surface area (Å²) in [5.41, 5.74) is 5.19. The Balaban J connectivity index is 1.21. The fraction of sp³-hybridized carbons (Fsp3) is 0.385. The van der Waals surface area contributed by atoms with E-state index >= 15 is 0 Å². The average Bonchev–Trinajstić information content (AvgIpc) is 3.44. The highest BCUT2D eigenvalue weighted by atomic mass is 16.4. The van der Waals surface area contributed by atoms with Gasteiger partial charge in [-0.3, -0.25) is 9.48 Å². The van der Waals surface area contributed by atoms with Crippen LogP contribution >= 0.6 is 0 Å². The third-order valence-corrected chi connectivity index (χ3v) is 5.95. The van der Waals surface area contributed by atoms with Gasteiger partial charge in [0, 0.05) is 55.7 Å². The van der Waals surface area contributed by atoms with E-state index < -0.39 is 0 Å². The number of carbonyl (C=O) groups is 1. The molecule has 1 aliphatic rings. The van der Waals surface area contributed by atoms with Gasteiger partial charge in [0.05, 0.1) is 6.20 Å². The van der Waals surface area contributed by atoms with Crippen molar-refractivity contribution in [3.8, 4) is 11.1 Å². The molecule has 34 heavy (non-hydrogen) atoms. The summed E-state index contributed by atoms with van der Waals surface area (Å²) in [6.07, 6.45) is 3.94. The quantitative estimate of drug-likeness (QED) is 0.451. The smallest absolute Gasteiger partial charge is 0.300 e. The molecule has 0 N–H and O–H groups in total. The van der Waals surface area contributed by atoms with Gasteiger partial charge in [-0.2, -0.15) is 10.1 Å². The molecule has 1 fully saturated rings. The molecule has 0 radical (unpaired) electrons. The maximum Gasteiger partial charge on any atom is 0.300 e. The normalized spacial score (nSPS) is 14.7. The van der Waals surface area contributed by atoms with Gasteiger partial charge in [0.15, 0.2) is 5.58 Å². The minimum Gasteiger partial charge on any atom is -0.422 e. The second kappa shape index (κ2) is 8.59. The number of aromatic nitrogens is 4. The molecule has 0 spiro atoms. The molecule has 4 aromatic rings. The van der Waals surface area contributed by atoms with E-state index in [1.54, 1.807) is 0 Å². The van der Waals surface area contributed by atoms with Crippen molar-refractivity contribution in [1.82, 2.24) is 24.6 Å². The largest absolute Gasteiger partial charge is 0.422 e. The van der Waals surface area contributed by atoms with Crippen LogP contribution in [0.4, 0.5) is 6.01 Å². The van der Waals surface area contributed by atoms with Crippen LogP contribution in [0.1, 0.15) is 36.8 Å². The van der Waals surface area contributed by atoms with E-state index in [0.29, 0.717) is 49.0 Å². The zero-order valence-electron chi connectivity index (χ0n) is 20.2. The van der Waals surface area contributed by atoms with Crippen LogP contribution < -0.4 is 4.90 Å². The van der Waals surface area contributed by atoms with Crippen molar-refractivity contribution in [1.29, 1.82) is 0 Å². The number of rotatable bonds is 4. The van der Waals surface area contributed by atoms with Crippen molar-refractivity contribution in [3.05, 3.63) is 60.0 Å². The molecule has 4 heterocycles. The predicted octanol–water partition coefficient (Wildman–Crippen LogP) is 4.40. The van der Waals surface area contributed by atoms with Crippen LogP contribution in [0.5, 0.6) is 0 Å². The summed E-state index contributed by atoms with van der Waals surface area (Å²) in [5, 5.41) is 4.48. The number of carbonyl (C=O) groups excluding carboxylic acids is 1. The number of fused-ring (bicyclic) bond motifs is 1. The van der Waals surface area contributed by atoms with Gasteiger partial charge in [-0.05, 0) is 42.2 Å². The van der Waals surface area contributed by atoms with Crippen LogP contribution in [0.15, 0.2) is 53.2 Å². The van der Waals surface area contributed by atoms with Gasteiger partial charge in [-0.15, -0.1) is 0 Å². The molecule has 0 unspecified atom stereocenters. The van der Waals surface area contributed by atoms with Gasteiger partial charge < -0.3 is 14.2 Å². The van der Waals surface area contributed by atoms with Crippen LogP contribution in [0.25, 0.3) is 22.4 Å². The van der Waals surface area contributed by atoms with E-state index in [0.717, 1.165) is 23.4 Å². The summed E-state index contributed by atoms with van der Waals surface area (Å²) in [6.45, 7) is 11.9. The van der Waals surface area contributed by atoms with Crippen molar-refractivity contribution < 1.29 is 9.21 Å². The number of piperazine rings is 1. The average molecular weight is 459 g/mol. The SMILES string of the molecule is Cc1ccc2oc(N3CCN(C(=O)c4ccc(-c5cnn(CC(C)(C)C)c5)cc4)CC3)nc2n1. The van der Waals surface area contributed by atoms with Gasteiger partial charge in [0.1, 0.15) is 0 Å². The number of pyridine rings is 1. The molecule has 1 saturated heterocycles. The molecule has 0 aliphatic carbocycles. The molecule has 1 amide bonds. The Morgan fingerprint density at radius 1 is 0.971 bits per heavy atom. The Kier molecular flexibility index (Phi) is 5.59. The first-order valence-corrected chi connectivity index (χ1v) is 11.7. The van der Waals surface area contributed by atoms with E-state index in [9.17, 15) is 4.79 Å². The minimum atomic E-state index is 0.0458. The predicted molar refractivity (Wildman–Crippen MR) is 132 cm³/mol. The lowest BCUT2D eigenvalue weighted by molar-refractivity contribution is 0.0745. The molecular weight excluding hydrogens is 428 g/mol. The van der Waals surface area contributed by atoms with Crippen molar-refractivity contribution in [3.63, 3.8) is 0 Å². The fourth-order valence-electron chi connectivity index (χ4n) is 4.21. The molecule has 176 valence electrons. The maximum atomic E-state index is 13.1. The Hall–Kier alpha value is -3.68. The zero-order valence-corrected chi connectivity index (χ0v) is 20.2. The number of hydrogen-bond acceptors (Lipinski definition) is 6. The van der Waals surface area contributed by atoms with Crippen LogP contribution in [-0.4, -0.2) is 56.7 Å². The van der Waals surface area contributed by atoms with Gasteiger partial charge in [0.2, 0.25) is 5.65 Å². The summed E-state index contributed by atoms with van der Waals surface area (Å²) >= 11 is 0. The molecule has 1 aromatic carbocycles. The molecule has 8 heteroatoms. The fourth-order valence-corrected chi connectivity index (χ4v) is 4.21. The van der Waals surface area contributed by atoms with Crippen molar-refractivity contribution in [2.75, 3.05) is 31.1 Å².